The number of rotatable bonds is 3. The van der Waals surface area contributed by atoms with Crippen molar-refractivity contribution < 1.29 is 0 Å². The van der Waals surface area contributed by atoms with Gasteiger partial charge in [-0.25, -0.2) is 9.36 Å². The molecule has 3 rings (SSSR count). The molecule has 0 aliphatic carbocycles. The molecule has 0 amide bonds. The Labute approximate surface area is 135 Å². The number of nitrogens with zero attached hydrogens (tertiary/aromatic N) is 3. The Morgan fingerprint density at radius 2 is 1.78 bits per heavy atom. The van der Waals surface area contributed by atoms with Crippen LogP contribution in [0.1, 0.15) is 12.5 Å². The van der Waals surface area contributed by atoms with E-state index < -0.39 is 0 Å². The lowest BCUT2D eigenvalue weighted by molar-refractivity contribution is 0.270. The van der Waals surface area contributed by atoms with E-state index in [0.717, 1.165) is 38.3 Å². The van der Waals surface area contributed by atoms with Crippen LogP contribution in [0.3, 0.4) is 0 Å². The predicted molar refractivity (Wildman–Crippen MR) is 91.7 cm³/mol. The van der Waals surface area contributed by atoms with E-state index >= 15 is 0 Å². The van der Waals surface area contributed by atoms with Gasteiger partial charge in [-0.15, -0.1) is 0 Å². The zero-order valence-corrected chi connectivity index (χ0v) is 13.6. The molecule has 0 radical (unpaired) electrons. The molecular formula is C17H22N4O2. The third-order valence-corrected chi connectivity index (χ3v) is 4.44. The molecule has 2 aromatic rings. The molecule has 2 heterocycles. The highest BCUT2D eigenvalue weighted by atomic mass is 16.2. The van der Waals surface area contributed by atoms with Crippen molar-refractivity contribution in [3.05, 3.63) is 56.7 Å². The fourth-order valence-corrected chi connectivity index (χ4v) is 3.00. The van der Waals surface area contributed by atoms with Crippen molar-refractivity contribution in [2.24, 2.45) is 0 Å². The highest BCUT2D eigenvalue weighted by Crippen LogP contribution is 2.12. The van der Waals surface area contributed by atoms with Crippen molar-refractivity contribution in [1.82, 2.24) is 14.5 Å². The van der Waals surface area contributed by atoms with Crippen LogP contribution in [-0.4, -0.2) is 47.2 Å². The van der Waals surface area contributed by atoms with Crippen molar-refractivity contribution in [2.75, 3.05) is 37.6 Å². The molecule has 0 spiro atoms. The van der Waals surface area contributed by atoms with Crippen LogP contribution < -0.4 is 16.1 Å². The van der Waals surface area contributed by atoms with Gasteiger partial charge in [0, 0.05) is 32.2 Å². The predicted octanol–water partition coefficient (Wildman–Crippen LogP) is 0.976. The van der Waals surface area contributed by atoms with Gasteiger partial charge in [0.05, 0.1) is 5.69 Å². The minimum Gasteiger partial charge on any atom is -0.355 e. The topological polar surface area (TPSA) is 61.3 Å². The molecule has 23 heavy (non-hydrogen) atoms. The molecule has 1 aromatic carbocycles. The fourth-order valence-electron chi connectivity index (χ4n) is 3.00. The number of aryl methyl sites for hydroxylation is 1. The van der Waals surface area contributed by atoms with Gasteiger partial charge >= 0.3 is 5.69 Å². The van der Waals surface area contributed by atoms with Crippen LogP contribution in [0.15, 0.2) is 39.9 Å². The molecule has 0 bridgehead atoms. The van der Waals surface area contributed by atoms with E-state index in [2.05, 4.69) is 21.7 Å². The number of likely N-dealkylation sites (N-methyl/N-ethyl adjacent to an activating group) is 1. The van der Waals surface area contributed by atoms with Gasteiger partial charge in [-0.05, 0) is 25.1 Å². The summed E-state index contributed by atoms with van der Waals surface area (Å²) >= 11 is 0. The average molecular weight is 314 g/mol. The van der Waals surface area contributed by atoms with Gasteiger partial charge in [-0.3, -0.25) is 9.78 Å². The lowest BCUT2D eigenvalue weighted by Crippen LogP contribution is -2.47. The molecule has 1 aromatic heterocycles. The summed E-state index contributed by atoms with van der Waals surface area (Å²) in [5, 5.41) is 0. The second-order valence-electron chi connectivity index (χ2n) is 5.84. The highest BCUT2D eigenvalue weighted by molar-refractivity contribution is 5.43. The Hall–Kier alpha value is -2.34. The van der Waals surface area contributed by atoms with Crippen molar-refractivity contribution >= 4 is 5.82 Å². The molecule has 1 aliphatic heterocycles. The molecule has 1 saturated heterocycles. The minimum absolute atomic E-state index is 0.295. The van der Waals surface area contributed by atoms with Crippen LogP contribution >= 0.6 is 0 Å². The molecule has 122 valence electrons. The SMILES string of the molecule is CCN1CCN(c2cc(=O)n(-c3ccccc3C)c(=O)[nH]2)CC1. The summed E-state index contributed by atoms with van der Waals surface area (Å²) in [7, 11) is 0. The van der Waals surface area contributed by atoms with Crippen LogP contribution in [-0.2, 0) is 0 Å². The Morgan fingerprint density at radius 3 is 2.39 bits per heavy atom. The quantitative estimate of drug-likeness (QED) is 0.917. The second-order valence-corrected chi connectivity index (χ2v) is 5.84. The largest absolute Gasteiger partial charge is 0.355 e. The Morgan fingerprint density at radius 1 is 1.09 bits per heavy atom. The first kappa shape index (κ1) is 15.6. The minimum atomic E-state index is -0.389. The maximum Gasteiger partial charge on any atom is 0.334 e. The number of piperazine rings is 1. The monoisotopic (exact) mass is 314 g/mol. The number of aromatic amines is 1. The van der Waals surface area contributed by atoms with E-state index in [1.807, 2.05) is 25.1 Å². The molecule has 0 saturated carbocycles. The number of anilines is 1. The highest BCUT2D eigenvalue weighted by Gasteiger charge is 2.18. The lowest BCUT2D eigenvalue weighted by atomic mass is 10.2. The molecular weight excluding hydrogens is 292 g/mol. The molecule has 6 nitrogen and oxygen atoms in total. The normalized spacial score (nSPS) is 15.8. The van der Waals surface area contributed by atoms with E-state index in [1.165, 1.54) is 10.6 Å². The number of para-hydroxylation sites is 1. The Bertz CT molecular complexity index is 769. The second kappa shape index (κ2) is 6.42. The molecule has 6 heteroatoms. The van der Waals surface area contributed by atoms with Gasteiger partial charge in [-0.1, -0.05) is 25.1 Å². The van der Waals surface area contributed by atoms with Crippen LogP contribution in [0.4, 0.5) is 5.82 Å². The van der Waals surface area contributed by atoms with Crippen molar-refractivity contribution in [3.8, 4) is 5.69 Å². The number of hydrogen-bond donors (Lipinski definition) is 1. The summed E-state index contributed by atoms with van der Waals surface area (Å²) in [6.45, 7) is 8.58. The van der Waals surface area contributed by atoms with Gasteiger partial charge in [0.2, 0.25) is 0 Å². The molecule has 1 fully saturated rings. The molecule has 1 aliphatic rings. The molecule has 1 N–H and O–H groups in total. The van der Waals surface area contributed by atoms with Gasteiger partial charge in [0.1, 0.15) is 5.82 Å². The van der Waals surface area contributed by atoms with Crippen LogP contribution in [0.5, 0.6) is 0 Å². The van der Waals surface area contributed by atoms with Gasteiger partial charge in [0.15, 0.2) is 0 Å². The Kier molecular flexibility index (Phi) is 4.34. The number of benzene rings is 1. The summed E-state index contributed by atoms with van der Waals surface area (Å²) in [6.07, 6.45) is 0. The Balaban J connectivity index is 1.95. The van der Waals surface area contributed by atoms with Crippen molar-refractivity contribution in [2.45, 2.75) is 13.8 Å². The van der Waals surface area contributed by atoms with Crippen LogP contribution in [0, 0.1) is 6.92 Å². The zero-order valence-electron chi connectivity index (χ0n) is 13.6. The summed E-state index contributed by atoms with van der Waals surface area (Å²) in [6, 6.07) is 8.91. The average Bonchev–Trinajstić information content (AvgIpc) is 2.56. The first-order chi connectivity index (χ1) is 11.1. The smallest absolute Gasteiger partial charge is 0.334 e. The summed E-state index contributed by atoms with van der Waals surface area (Å²) in [5.74, 6) is 0.612. The maximum atomic E-state index is 12.5. The summed E-state index contributed by atoms with van der Waals surface area (Å²) < 4.78 is 1.20. The van der Waals surface area contributed by atoms with Crippen LogP contribution in [0.25, 0.3) is 5.69 Å². The molecule has 0 unspecified atom stereocenters. The van der Waals surface area contributed by atoms with E-state index in [1.54, 1.807) is 6.07 Å². The number of hydrogen-bond acceptors (Lipinski definition) is 4. The lowest BCUT2D eigenvalue weighted by Gasteiger charge is -2.34. The number of nitrogens with one attached hydrogen (secondary N) is 1. The first-order valence-electron chi connectivity index (χ1n) is 8.00. The van der Waals surface area contributed by atoms with E-state index in [4.69, 9.17) is 0 Å². The summed E-state index contributed by atoms with van der Waals surface area (Å²) in [4.78, 5) is 32.2. The first-order valence-corrected chi connectivity index (χ1v) is 8.00. The third-order valence-electron chi connectivity index (χ3n) is 4.44. The van der Waals surface area contributed by atoms with Gasteiger partial charge in [0.25, 0.3) is 5.56 Å². The van der Waals surface area contributed by atoms with E-state index in [9.17, 15) is 9.59 Å². The third kappa shape index (κ3) is 3.07. The van der Waals surface area contributed by atoms with Crippen molar-refractivity contribution in [1.29, 1.82) is 0 Å². The van der Waals surface area contributed by atoms with Gasteiger partial charge in [-0.2, -0.15) is 0 Å². The van der Waals surface area contributed by atoms with Gasteiger partial charge < -0.3 is 9.80 Å². The fraction of sp³-hybridized carbons (Fsp3) is 0.412. The van der Waals surface area contributed by atoms with Crippen molar-refractivity contribution in [3.63, 3.8) is 0 Å². The molecule has 0 atom stereocenters. The zero-order chi connectivity index (χ0) is 16.4. The number of H-pyrrole nitrogens is 1. The summed E-state index contributed by atoms with van der Waals surface area (Å²) in [5.41, 5.74) is 0.834. The van der Waals surface area contributed by atoms with E-state index in [-0.39, 0.29) is 11.2 Å². The van der Waals surface area contributed by atoms with Crippen LogP contribution in [0.2, 0.25) is 0 Å². The standard InChI is InChI=1S/C17H22N4O2/c1-3-19-8-10-20(11-9-19)15-12-16(22)21(17(23)18-15)14-7-5-4-6-13(14)2/h4-7,12H,3,8-11H2,1-2H3,(H,18,23). The number of aromatic nitrogens is 2. The van der Waals surface area contributed by atoms with E-state index in [0.29, 0.717) is 11.5 Å². The maximum absolute atomic E-state index is 12.5.